The fourth-order valence-electron chi connectivity index (χ4n) is 3.63. The molecule has 0 fully saturated rings. The molecular weight excluding hydrogens is 465 g/mol. The molecule has 0 radical (unpaired) electrons. The number of nitrogens with one attached hydrogen (secondary N) is 2. The molecule has 0 saturated carbocycles. The van der Waals surface area contributed by atoms with Gasteiger partial charge in [-0.3, -0.25) is 0 Å². The Balaban J connectivity index is 0.000000733. The van der Waals surface area contributed by atoms with Crippen LogP contribution in [-0.4, -0.2) is 32.1 Å². The van der Waals surface area contributed by atoms with Crippen molar-refractivity contribution >= 4 is 12.1 Å². The zero-order valence-corrected chi connectivity index (χ0v) is 23.1. The third kappa shape index (κ3) is 8.74. The number of nitrogens with zero attached hydrogens (tertiary/aromatic N) is 4. The van der Waals surface area contributed by atoms with Crippen LogP contribution in [0.4, 0.5) is 10.3 Å². The van der Waals surface area contributed by atoms with E-state index in [1.54, 1.807) is 18.3 Å². The van der Waals surface area contributed by atoms with E-state index < -0.39 is 0 Å². The highest BCUT2D eigenvalue weighted by Gasteiger charge is 2.22. The van der Waals surface area contributed by atoms with Gasteiger partial charge >= 0.3 is 0 Å². The monoisotopic (exact) mass is 507 g/mol. The number of allylic oxidation sites excluding steroid dienone is 1. The molecule has 4 rings (SSSR count). The van der Waals surface area contributed by atoms with E-state index >= 15 is 0 Å². The van der Waals surface area contributed by atoms with Crippen LogP contribution in [0.3, 0.4) is 0 Å². The molecule has 37 heavy (non-hydrogen) atoms. The van der Waals surface area contributed by atoms with Crippen molar-refractivity contribution in [3.05, 3.63) is 66.6 Å². The number of fused-ring (bicyclic) bond motifs is 1. The van der Waals surface area contributed by atoms with Gasteiger partial charge in [0.2, 0.25) is 5.95 Å². The quantitative estimate of drug-likeness (QED) is 0.308. The van der Waals surface area contributed by atoms with Crippen molar-refractivity contribution in [2.45, 2.75) is 66.8 Å². The summed E-state index contributed by atoms with van der Waals surface area (Å²) in [6.07, 6.45) is 8.32. The first-order valence-electron chi connectivity index (χ1n) is 13.1. The van der Waals surface area contributed by atoms with Gasteiger partial charge in [-0.2, -0.15) is 0 Å². The van der Waals surface area contributed by atoms with Gasteiger partial charge in [0.15, 0.2) is 0 Å². The van der Waals surface area contributed by atoms with E-state index in [0.29, 0.717) is 11.8 Å². The van der Waals surface area contributed by atoms with Gasteiger partial charge in [-0.05, 0) is 49.1 Å². The number of anilines is 1. The number of rotatable bonds is 9. The summed E-state index contributed by atoms with van der Waals surface area (Å²) in [7, 11) is 0. The second-order valence-corrected chi connectivity index (χ2v) is 9.18. The highest BCUT2D eigenvalue weighted by molar-refractivity contribution is 5.79. The number of imidazole rings is 1. The van der Waals surface area contributed by atoms with Gasteiger partial charge in [0.25, 0.3) is 0 Å². The minimum Gasteiger partial charge on any atom is -0.386 e. The molecule has 0 spiro atoms. The Labute approximate surface area is 221 Å². The molecule has 1 aromatic carbocycles. The van der Waals surface area contributed by atoms with Gasteiger partial charge in [-0.1, -0.05) is 54.2 Å². The first-order chi connectivity index (χ1) is 17.8. The Hall–Kier alpha value is -3.68. The summed E-state index contributed by atoms with van der Waals surface area (Å²) in [6.45, 7) is 17.0. The van der Waals surface area contributed by atoms with E-state index in [2.05, 4.69) is 56.0 Å². The molecule has 1 aliphatic heterocycles. The summed E-state index contributed by atoms with van der Waals surface area (Å²) in [5.41, 5.74) is 8.83. The van der Waals surface area contributed by atoms with E-state index in [0.717, 1.165) is 60.2 Å². The molecule has 7 nitrogen and oxygen atoms in total. The zero-order chi connectivity index (χ0) is 27.4. The van der Waals surface area contributed by atoms with Crippen molar-refractivity contribution < 1.29 is 4.39 Å². The fourth-order valence-corrected chi connectivity index (χ4v) is 3.63. The molecule has 3 aromatic rings. The maximum absolute atomic E-state index is 13.4. The molecular formula is C29H42FN7. The third-order valence-corrected chi connectivity index (χ3v) is 5.23. The lowest BCUT2D eigenvalue weighted by atomic mass is 10.1. The second-order valence-electron chi connectivity index (χ2n) is 9.18. The zero-order valence-electron chi connectivity index (χ0n) is 23.1. The first-order valence-corrected chi connectivity index (χ1v) is 13.1. The first kappa shape index (κ1) is 29.5. The summed E-state index contributed by atoms with van der Waals surface area (Å²) in [4.78, 5) is 14.0. The molecule has 1 aliphatic rings. The predicted octanol–water partition coefficient (Wildman–Crippen LogP) is 6.46. The summed E-state index contributed by atoms with van der Waals surface area (Å²) < 4.78 is 15.5. The van der Waals surface area contributed by atoms with E-state index in [4.69, 9.17) is 15.7 Å². The largest absolute Gasteiger partial charge is 0.386 e. The normalized spacial score (nSPS) is 12.1. The summed E-state index contributed by atoms with van der Waals surface area (Å²) >= 11 is 0. The molecule has 0 bridgehead atoms. The molecule has 0 aliphatic carbocycles. The van der Waals surface area contributed by atoms with Crippen molar-refractivity contribution in [3.63, 3.8) is 0 Å². The maximum atomic E-state index is 13.4. The van der Waals surface area contributed by atoms with Gasteiger partial charge < -0.3 is 20.9 Å². The van der Waals surface area contributed by atoms with Crippen molar-refractivity contribution in [1.29, 1.82) is 0 Å². The molecule has 0 amide bonds. The second kappa shape index (κ2) is 14.8. The van der Waals surface area contributed by atoms with Crippen molar-refractivity contribution in [2.24, 2.45) is 11.7 Å². The van der Waals surface area contributed by atoms with Crippen molar-refractivity contribution in [1.82, 2.24) is 24.8 Å². The van der Waals surface area contributed by atoms with Gasteiger partial charge in [0.1, 0.15) is 11.6 Å². The number of nitrogens with two attached hydrogens (primary N) is 1. The topological polar surface area (TPSA) is 93.7 Å². The number of hydrogen-bond acceptors (Lipinski definition) is 6. The number of hydrogen-bond donors (Lipinski definition) is 3. The van der Waals surface area contributed by atoms with E-state index in [1.807, 2.05) is 30.7 Å². The van der Waals surface area contributed by atoms with Gasteiger partial charge in [0, 0.05) is 37.0 Å². The van der Waals surface area contributed by atoms with Crippen molar-refractivity contribution in [3.8, 4) is 22.6 Å². The Kier molecular flexibility index (Phi) is 11.8. The molecule has 8 heteroatoms. The van der Waals surface area contributed by atoms with E-state index in [-0.39, 0.29) is 11.9 Å². The van der Waals surface area contributed by atoms with Crippen molar-refractivity contribution in [2.75, 3.05) is 11.9 Å². The average Bonchev–Trinajstić information content (AvgIpc) is 3.46. The lowest BCUT2D eigenvalue weighted by Crippen LogP contribution is -2.27. The summed E-state index contributed by atoms with van der Waals surface area (Å²) in [5, 5.41) is 6.45. The van der Waals surface area contributed by atoms with Gasteiger partial charge in [0.05, 0.1) is 22.9 Å². The minimum absolute atomic E-state index is 0.190. The van der Waals surface area contributed by atoms with Gasteiger partial charge in [-0.15, -0.1) is 0 Å². The van der Waals surface area contributed by atoms with Crippen LogP contribution >= 0.6 is 0 Å². The molecule has 1 unspecified atom stereocenters. The van der Waals surface area contributed by atoms with Crippen LogP contribution in [0.25, 0.3) is 28.8 Å². The van der Waals surface area contributed by atoms with Crippen LogP contribution in [0.15, 0.2) is 55.0 Å². The lowest BCUT2D eigenvalue weighted by molar-refractivity contribution is 0.600. The molecule has 4 N–H and O–H groups in total. The molecule has 0 saturated heterocycles. The third-order valence-electron chi connectivity index (χ3n) is 5.23. The lowest BCUT2D eigenvalue weighted by Gasteiger charge is -2.18. The number of benzene rings is 1. The Morgan fingerprint density at radius 2 is 1.81 bits per heavy atom. The smallest absolute Gasteiger partial charge is 0.223 e. The molecule has 200 valence electrons. The molecule has 3 heterocycles. The Bertz CT molecular complexity index is 1150. The standard InChI is InChI=1S/C23H26FN7.C4H10.C2H6/c1-3-18(10-12-26-15(2)25)28-23-27-13-11-19(29-23)22-21(16-6-8-17(24)9-7-16)30-20-5-4-14-31(20)22;1-4(2)3;1-2/h4,6-9,11,13-14,18,26H,2-3,5,10,12,25H2,1H3,(H,27,28,29);4H,1-3H3;1-2H3. The highest BCUT2D eigenvalue weighted by Crippen LogP contribution is 2.34. The number of aromatic nitrogens is 4. The molecule has 1 atom stereocenters. The van der Waals surface area contributed by atoms with Crippen LogP contribution in [0, 0.1) is 11.7 Å². The van der Waals surface area contributed by atoms with Crippen LogP contribution in [-0.2, 0) is 6.42 Å². The fraction of sp³-hybridized carbons (Fsp3) is 0.414. The van der Waals surface area contributed by atoms with Crippen LogP contribution in [0.5, 0.6) is 0 Å². The van der Waals surface area contributed by atoms with E-state index in [9.17, 15) is 4.39 Å². The van der Waals surface area contributed by atoms with Gasteiger partial charge in [-0.25, -0.2) is 19.3 Å². The van der Waals surface area contributed by atoms with Crippen LogP contribution in [0.1, 0.15) is 60.2 Å². The average molecular weight is 508 g/mol. The predicted molar refractivity (Wildman–Crippen MR) is 153 cm³/mol. The number of halogens is 1. The Morgan fingerprint density at radius 3 is 2.43 bits per heavy atom. The molecule has 2 aromatic heterocycles. The van der Waals surface area contributed by atoms with E-state index in [1.165, 1.54) is 12.1 Å². The van der Waals surface area contributed by atoms with Crippen LogP contribution in [0.2, 0.25) is 0 Å². The maximum Gasteiger partial charge on any atom is 0.223 e. The highest BCUT2D eigenvalue weighted by atomic mass is 19.1. The van der Waals surface area contributed by atoms with Crippen LogP contribution < -0.4 is 16.4 Å². The minimum atomic E-state index is -0.274. The Morgan fingerprint density at radius 1 is 1.14 bits per heavy atom. The summed E-state index contributed by atoms with van der Waals surface area (Å²) in [5.74, 6) is 2.51. The summed E-state index contributed by atoms with van der Waals surface area (Å²) in [6, 6.07) is 8.44. The SMILES string of the molecule is C=C(N)NCCC(CC)Nc1nccc(-c2c(-c3ccc(F)cc3)nc3n2C=CC3)n1.CC.CC(C)C.